The van der Waals surface area contributed by atoms with Crippen LogP contribution >= 0.6 is 0 Å². The first-order valence-electron chi connectivity index (χ1n) is 6.17. The lowest BCUT2D eigenvalue weighted by Gasteiger charge is -2.21. The van der Waals surface area contributed by atoms with Crippen molar-refractivity contribution in [3.05, 3.63) is 36.0 Å². The molecule has 0 radical (unpaired) electrons. The number of fused-ring (bicyclic) bond motifs is 1. The summed E-state index contributed by atoms with van der Waals surface area (Å²) in [7, 11) is 0. The Morgan fingerprint density at radius 3 is 3.00 bits per heavy atom. The van der Waals surface area contributed by atoms with E-state index in [-0.39, 0.29) is 11.7 Å². The molecule has 17 heavy (non-hydrogen) atoms. The number of nitrogens with one attached hydrogen (secondary N) is 2. The van der Waals surface area contributed by atoms with Gasteiger partial charge in [-0.3, -0.25) is 4.79 Å². The monoisotopic (exact) mass is 228 g/mol. The molecule has 0 unspecified atom stereocenters. The number of ketones is 1. The van der Waals surface area contributed by atoms with Gasteiger partial charge in [-0.2, -0.15) is 0 Å². The Hall–Kier alpha value is -1.61. The van der Waals surface area contributed by atoms with Gasteiger partial charge in [0.05, 0.1) is 0 Å². The molecular weight excluding hydrogens is 212 g/mol. The SMILES string of the molecule is O=C(c1c[nH]c2ccccc12)[C@H]1CCCNC1. The fraction of sp³-hybridized carbons (Fsp3) is 0.357. The molecule has 1 aliphatic heterocycles. The zero-order valence-electron chi connectivity index (χ0n) is 9.70. The maximum Gasteiger partial charge on any atom is 0.169 e. The minimum atomic E-state index is 0.142. The molecule has 2 N–H and O–H groups in total. The number of Topliss-reactive ketones (excluding diaryl/α,β-unsaturated/α-hetero) is 1. The van der Waals surface area contributed by atoms with E-state index in [0.29, 0.717) is 0 Å². The zero-order chi connectivity index (χ0) is 11.7. The van der Waals surface area contributed by atoms with E-state index in [1.165, 1.54) is 0 Å². The number of hydrogen-bond donors (Lipinski definition) is 2. The van der Waals surface area contributed by atoms with Gasteiger partial charge in [0.25, 0.3) is 0 Å². The smallest absolute Gasteiger partial charge is 0.169 e. The highest BCUT2D eigenvalue weighted by Gasteiger charge is 2.23. The number of piperidine rings is 1. The number of rotatable bonds is 2. The topological polar surface area (TPSA) is 44.9 Å². The van der Waals surface area contributed by atoms with Crippen LogP contribution in [0.15, 0.2) is 30.5 Å². The molecule has 0 saturated carbocycles. The molecule has 88 valence electrons. The van der Waals surface area contributed by atoms with Crippen LogP contribution in [0, 0.1) is 5.92 Å². The van der Waals surface area contributed by atoms with Crippen LogP contribution < -0.4 is 5.32 Å². The van der Waals surface area contributed by atoms with E-state index in [0.717, 1.165) is 42.4 Å². The maximum absolute atomic E-state index is 12.4. The van der Waals surface area contributed by atoms with Gasteiger partial charge in [-0.1, -0.05) is 18.2 Å². The van der Waals surface area contributed by atoms with Crippen molar-refractivity contribution in [3.8, 4) is 0 Å². The lowest BCUT2D eigenvalue weighted by atomic mass is 9.91. The van der Waals surface area contributed by atoms with Crippen LogP contribution in [0.2, 0.25) is 0 Å². The summed E-state index contributed by atoms with van der Waals surface area (Å²) in [4.78, 5) is 15.6. The highest BCUT2D eigenvalue weighted by Crippen LogP contribution is 2.23. The Morgan fingerprint density at radius 1 is 1.29 bits per heavy atom. The van der Waals surface area contributed by atoms with Crippen LogP contribution in [0.4, 0.5) is 0 Å². The van der Waals surface area contributed by atoms with E-state index in [1.807, 2.05) is 30.5 Å². The molecule has 0 amide bonds. The van der Waals surface area contributed by atoms with Crippen molar-refractivity contribution < 1.29 is 4.79 Å². The van der Waals surface area contributed by atoms with Gasteiger partial charge >= 0.3 is 0 Å². The van der Waals surface area contributed by atoms with Crippen molar-refractivity contribution in [1.29, 1.82) is 0 Å². The molecule has 0 bridgehead atoms. The van der Waals surface area contributed by atoms with Gasteiger partial charge < -0.3 is 10.3 Å². The lowest BCUT2D eigenvalue weighted by molar-refractivity contribution is 0.0901. The highest BCUT2D eigenvalue weighted by molar-refractivity contribution is 6.08. The molecular formula is C14H16N2O. The number of para-hydroxylation sites is 1. The van der Waals surface area contributed by atoms with Gasteiger partial charge in [-0.05, 0) is 25.5 Å². The number of hydrogen-bond acceptors (Lipinski definition) is 2. The van der Waals surface area contributed by atoms with Crippen LogP contribution in [0.1, 0.15) is 23.2 Å². The predicted octanol–water partition coefficient (Wildman–Crippen LogP) is 2.35. The number of carbonyl (C=O) groups is 1. The van der Waals surface area contributed by atoms with Crippen molar-refractivity contribution in [2.45, 2.75) is 12.8 Å². The summed E-state index contributed by atoms with van der Waals surface area (Å²) in [5.41, 5.74) is 1.88. The van der Waals surface area contributed by atoms with Crippen molar-refractivity contribution in [1.82, 2.24) is 10.3 Å². The van der Waals surface area contributed by atoms with Gasteiger partial charge in [-0.15, -0.1) is 0 Å². The van der Waals surface area contributed by atoms with Crippen molar-refractivity contribution >= 4 is 16.7 Å². The third-order valence-corrected chi connectivity index (χ3v) is 3.52. The summed E-state index contributed by atoms with van der Waals surface area (Å²) in [6.07, 6.45) is 3.95. The molecule has 0 aliphatic carbocycles. The Morgan fingerprint density at radius 2 is 2.18 bits per heavy atom. The van der Waals surface area contributed by atoms with Crippen LogP contribution in [-0.2, 0) is 0 Å². The number of H-pyrrole nitrogens is 1. The zero-order valence-corrected chi connectivity index (χ0v) is 9.70. The largest absolute Gasteiger partial charge is 0.360 e. The van der Waals surface area contributed by atoms with Crippen molar-refractivity contribution in [2.24, 2.45) is 5.92 Å². The van der Waals surface area contributed by atoms with Crippen molar-refractivity contribution in [3.63, 3.8) is 0 Å². The second-order valence-electron chi connectivity index (χ2n) is 4.66. The van der Waals surface area contributed by atoms with Gasteiger partial charge in [0.1, 0.15) is 0 Å². The molecule has 3 nitrogen and oxygen atoms in total. The average molecular weight is 228 g/mol. The third-order valence-electron chi connectivity index (χ3n) is 3.52. The molecule has 2 heterocycles. The second-order valence-corrected chi connectivity index (χ2v) is 4.66. The number of benzene rings is 1. The molecule has 1 fully saturated rings. The van der Waals surface area contributed by atoms with E-state index < -0.39 is 0 Å². The van der Waals surface area contributed by atoms with Crippen molar-refractivity contribution in [2.75, 3.05) is 13.1 Å². The summed E-state index contributed by atoms with van der Waals surface area (Å²) >= 11 is 0. The molecule has 1 saturated heterocycles. The Balaban J connectivity index is 1.95. The molecule has 0 spiro atoms. The molecule has 2 aromatic rings. The van der Waals surface area contributed by atoms with Gasteiger partial charge in [0.15, 0.2) is 5.78 Å². The molecule has 3 rings (SSSR count). The van der Waals surface area contributed by atoms with E-state index in [4.69, 9.17) is 0 Å². The molecule has 1 aromatic heterocycles. The maximum atomic E-state index is 12.4. The minimum Gasteiger partial charge on any atom is -0.360 e. The van der Waals surface area contributed by atoms with Crippen LogP contribution in [0.5, 0.6) is 0 Å². The number of aromatic nitrogens is 1. The van der Waals surface area contributed by atoms with Crippen LogP contribution in [0.3, 0.4) is 0 Å². The Kier molecular flexibility index (Phi) is 2.69. The first kappa shape index (κ1) is 10.5. The fourth-order valence-electron chi connectivity index (χ4n) is 2.57. The second kappa shape index (κ2) is 4.34. The fourth-order valence-corrected chi connectivity index (χ4v) is 2.57. The lowest BCUT2D eigenvalue weighted by Crippen LogP contribution is -2.34. The Bertz CT molecular complexity index is 538. The number of aromatic amines is 1. The first-order valence-corrected chi connectivity index (χ1v) is 6.17. The summed E-state index contributed by atoms with van der Waals surface area (Å²) in [6.45, 7) is 1.86. The molecule has 1 atom stereocenters. The predicted molar refractivity (Wildman–Crippen MR) is 68.2 cm³/mol. The molecule has 3 heteroatoms. The van der Waals surface area contributed by atoms with Crippen LogP contribution in [-0.4, -0.2) is 23.9 Å². The average Bonchev–Trinajstić information content (AvgIpc) is 2.83. The van der Waals surface area contributed by atoms with Crippen LogP contribution in [0.25, 0.3) is 10.9 Å². The van der Waals surface area contributed by atoms with Gasteiger partial charge in [-0.25, -0.2) is 0 Å². The quantitative estimate of drug-likeness (QED) is 0.775. The molecule has 1 aliphatic rings. The normalized spacial score (nSPS) is 20.6. The van der Waals surface area contributed by atoms with E-state index >= 15 is 0 Å². The van der Waals surface area contributed by atoms with E-state index in [2.05, 4.69) is 10.3 Å². The molecule has 1 aromatic carbocycles. The van der Waals surface area contributed by atoms with E-state index in [1.54, 1.807) is 0 Å². The number of carbonyl (C=O) groups excluding carboxylic acids is 1. The summed E-state index contributed by atoms with van der Waals surface area (Å²) in [5.74, 6) is 0.414. The standard InChI is InChI=1S/C14H16N2O/c17-14(10-4-3-7-15-8-10)12-9-16-13-6-2-1-5-11(12)13/h1-2,5-6,9-10,15-16H,3-4,7-8H2/t10-/m0/s1. The third kappa shape index (κ3) is 1.87. The van der Waals surface area contributed by atoms with Gasteiger partial charge in [0, 0.05) is 35.1 Å². The highest BCUT2D eigenvalue weighted by atomic mass is 16.1. The van der Waals surface area contributed by atoms with Gasteiger partial charge in [0.2, 0.25) is 0 Å². The summed E-state index contributed by atoms with van der Waals surface area (Å²) in [6, 6.07) is 7.97. The summed E-state index contributed by atoms with van der Waals surface area (Å²) < 4.78 is 0. The minimum absolute atomic E-state index is 0.142. The first-order chi connectivity index (χ1) is 8.36. The summed E-state index contributed by atoms with van der Waals surface area (Å²) in [5, 5.41) is 4.34. The Labute approximate surface area is 100 Å². The van der Waals surface area contributed by atoms with E-state index in [9.17, 15) is 4.79 Å².